The van der Waals surface area contributed by atoms with Gasteiger partial charge in [-0.15, -0.1) is 0 Å². The number of benzene rings is 2. The molecule has 0 aliphatic carbocycles. The van der Waals surface area contributed by atoms with Gasteiger partial charge in [-0.2, -0.15) is 0 Å². The summed E-state index contributed by atoms with van der Waals surface area (Å²) in [7, 11) is 6.48. The van der Waals surface area contributed by atoms with Gasteiger partial charge < -0.3 is 24.0 Å². The van der Waals surface area contributed by atoms with Crippen LogP contribution in [0.5, 0.6) is 17.2 Å². The number of rotatable bonds is 7. The molecular weight excluding hydrogens is 408 g/mol. The highest BCUT2D eigenvalue weighted by Crippen LogP contribution is 2.43. The van der Waals surface area contributed by atoms with Crippen LogP contribution in [0.2, 0.25) is 0 Å². The van der Waals surface area contributed by atoms with Gasteiger partial charge in [0.25, 0.3) is 5.91 Å². The number of likely N-dealkylation sites (tertiary alicyclic amines) is 1. The average molecular weight is 441 g/mol. The van der Waals surface area contributed by atoms with E-state index in [2.05, 4.69) is 0 Å². The number of aryl methyl sites for hydroxylation is 1. The van der Waals surface area contributed by atoms with Gasteiger partial charge >= 0.3 is 0 Å². The first kappa shape index (κ1) is 23.4. The molecular formula is C25H32N2O5. The molecule has 0 bridgehead atoms. The fraction of sp³-hybridized carbons (Fsp3) is 0.440. The van der Waals surface area contributed by atoms with Crippen LogP contribution in [0.1, 0.15) is 34.3 Å². The fourth-order valence-electron chi connectivity index (χ4n) is 4.30. The zero-order chi connectivity index (χ0) is 23.4. The van der Waals surface area contributed by atoms with Crippen LogP contribution in [-0.4, -0.2) is 69.6 Å². The Balaban J connectivity index is 2.03. The minimum Gasteiger partial charge on any atom is -0.493 e. The van der Waals surface area contributed by atoms with Crippen molar-refractivity contribution in [2.24, 2.45) is 5.92 Å². The van der Waals surface area contributed by atoms with E-state index in [9.17, 15) is 9.59 Å². The Kier molecular flexibility index (Phi) is 7.28. The van der Waals surface area contributed by atoms with Crippen molar-refractivity contribution in [3.8, 4) is 17.2 Å². The molecule has 2 amide bonds. The summed E-state index contributed by atoms with van der Waals surface area (Å²) in [4.78, 5) is 30.1. The van der Waals surface area contributed by atoms with Crippen LogP contribution in [-0.2, 0) is 4.79 Å². The third-order valence-electron chi connectivity index (χ3n) is 6.27. The summed E-state index contributed by atoms with van der Waals surface area (Å²) >= 11 is 0. The lowest BCUT2D eigenvalue weighted by molar-refractivity contribution is -0.133. The predicted molar refractivity (Wildman–Crippen MR) is 123 cm³/mol. The number of hydrogen-bond donors (Lipinski definition) is 0. The van der Waals surface area contributed by atoms with Gasteiger partial charge in [-0.25, -0.2) is 0 Å². The number of carbonyl (C=O) groups excluding carboxylic acids is 2. The van der Waals surface area contributed by atoms with E-state index in [0.717, 1.165) is 11.1 Å². The second-order valence-corrected chi connectivity index (χ2v) is 8.05. The summed E-state index contributed by atoms with van der Waals surface area (Å²) in [5.41, 5.74) is 2.46. The SMILES string of the molecule is CCN(C)C(=O)C1CN(C(=O)c2ccccc2C)CC1c1cc(OC)c(OC)c(OC)c1. The van der Waals surface area contributed by atoms with Gasteiger partial charge in [0.1, 0.15) is 0 Å². The molecule has 7 nitrogen and oxygen atoms in total. The Morgan fingerprint density at radius 1 is 1.03 bits per heavy atom. The molecule has 3 rings (SSSR count). The second-order valence-electron chi connectivity index (χ2n) is 8.05. The third-order valence-corrected chi connectivity index (χ3v) is 6.27. The Morgan fingerprint density at radius 3 is 2.19 bits per heavy atom. The molecule has 1 fully saturated rings. The zero-order valence-electron chi connectivity index (χ0n) is 19.7. The highest BCUT2D eigenvalue weighted by atomic mass is 16.5. The van der Waals surface area contributed by atoms with E-state index >= 15 is 0 Å². The van der Waals surface area contributed by atoms with Gasteiger partial charge in [0.2, 0.25) is 11.7 Å². The van der Waals surface area contributed by atoms with Crippen molar-refractivity contribution in [3.63, 3.8) is 0 Å². The van der Waals surface area contributed by atoms with Gasteiger partial charge in [0, 0.05) is 38.2 Å². The summed E-state index contributed by atoms with van der Waals surface area (Å²) in [5.74, 6) is 0.953. The molecule has 1 saturated heterocycles. The maximum absolute atomic E-state index is 13.3. The molecule has 2 aromatic rings. The van der Waals surface area contributed by atoms with E-state index < -0.39 is 0 Å². The third kappa shape index (κ3) is 4.38. The Morgan fingerprint density at radius 2 is 1.66 bits per heavy atom. The summed E-state index contributed by atoms with van der Waals surface area (Å²) in [6.07, 6.45) is 0. The van der Waals surface area contributed by atoms with Crippen molar-refractivity contribution in [1.29, 1.82) is 0 Å². The maximum Gasteiger partial charge on any atom is 0.254 e. The number of carbonyl (C=O) groups is 2. The van der Waals surface area contributed by atoms with Crippen molar-refractivity contribution in [2.75, 3.05) is 48.0 Å². The summed E-state index contributed by atoms with van der Waals surface area (Å²) < 4.78 is 16.5. The van der Waals surface area contributed by atoms with Crippen LogP contribution in [0.4, 0.5) is 0 Å². The average Bonchev–Trinajstić information content (AvgIpc) is 3.27. The first-order valence-corrected chi connectivity index (χ1v) is 10.8. The number of methoxy groups -OCH3 is 3. The zero-order valence-corrected chi connectivity index (χ0v) is 19.7. The first-order valence-electron chi connectivity index (χ1n) is 10.8. The van der Waals surface area contributed by atoms with Crippen LogP contribution in [0, 0.1) is 12.8 Å². The molecule has 7 heteroatoms. The number of nitrogens with zero attached hydrogens (tertiary/aromatic N) is 2. The normalized spacial score (nSPS) is 17.8. The van der Waals surface area contributed by atoms with Crippen molar-refractivity contribution in [3.05, 3.63) is 53.1 Å². The minimum atomic E-state index is -0.365. The van der Waals surface area contributed by atoms with Crippen molar-refractivity contribution < 1.29 is 23.8 Å². The van der Waals surface area contributed by atoms with Gasteiger partial charge in [-0.05, 0) is 43.2 Å². The van der Waals surface area contributed by atoms with E-state index in [0.29, 0.717) is 42.4 Å². The Labute approximate surface area is 189 Å². The first-order chi connectivity index (χ1) is 15.4. The summed E-state index contributed by atoms with van der Waals surface area (Å²) in [6, 6.07) is 11.3. The molecule has 2 unspecified atom stereocenters. The van der Waals surface area contributed by atoms with Crippen LogP contribution in [0.15, 0.2) is 36.4 Å². The monoisotopic (exact) mass is 440 g/mol. The van der Waals surface area contributed by atoms with E-state index in [1.54, 1.807) is 38.2 Å². The minimum absolute atomic E-state index is 0.0198. The molecule has 0 spiro atoms. The molecule has 0 aromatic heterocycles. The van der Waals surface area contributed by atoms with Gasteiger partial charge in [0.15, 0.2) is 11.5 Å². The molecule has 1 aliphatic heterocycles. The summed E-state index contributed by atoms with van der Waals surface area (Å²) in [5, 5.41) is 0. The highest BCUT2D eigenvalue weighted by molar-refractivity contribution is 5.96. The molecule has 2 aromatic carbocycles. The van der Waals surface area contributed by atoms with Gasteiger partial charge in [-0.1, -0.05) is 18.2 Å². The molecule has 32 heavy (non-hydrogen) atoms. The molecule has 0 N–H and O–H groups in total. The maximum atomic E-state index is 13.3. The molecule has 2 atom stereocenters. The molecule has 172 valence electrons. The number of ether oxygens (including phenoxy) is 3. The van der Waals surface area contributed by atoms with Gasteiger partial charge in [-0.3, -0.25) is 9.59 Å². The Bertz CT molecular complexity index is 965. The molecule has 1 aliphatic rings. The van der Waals surface area contributed by atoms with Crippen LogP contribution >= 0.6 is 0 Å². The number of hydrogen-bond acceptors (Lipinski definition) is 5. The van der Waals surface area contributed by atoms with E-state index in [1.165, 1.54) is 0 Å². The van der Waals surface area contributed by atoms with Crippen molar-refractivity contribution in [2.45, 2.75) is 19.8 Å². The van der Waals surface area contributed by atoms with Crippen molar-refractivity contribution >= 4 is 11.8 Å². The van der Waals surface area contributed by atoms with E-state index in [-0.39, 0.29) is 23.7 Å². The standard InChI is InChI=1S/C25H32N2O5/c1-7-26(3)24(28)20-15-27(25(29)18-11-9-8-10-16(18)2)14-19(20)17-12-21(30-4)23(32-6)22(13-17)31-5/h8-13,19-20H,7,14-15H2,1-6H3. The highest BCUT2D eigenvalue weighted by Gasteiger charge is 2.42. The smallest absolute Gasteiger partial charge is 0.254 e. The second kappa shape index (κ2) is 9.94. The predicted octanol–water partition coefficient (Wildman–Crippen LogP) is 3.35. The Hall–Kier alpha value is -3.22. The van der Waals surface area contributed by atoms with Crippen LogP contribution in [0.3, 0.4) is 0 Å². The lowest BCUT2D eigenvalue weighted by Gasteiger charge is -2.24. The number of amides is 2. The fourth-order valence-corrected chi connectivity index (χ4v) is 4.30. The largest absolute Gasteiger partial charge is 0.493 e. The molecule has 0 saturated carbocycles. The van der Waals surface area contributed by atoms with Crippen LogP contribution in [0.25, 0.3) is 0 Å². The lowest BCUT2D eigenvalue weighted by Crippen LogP contribution is -2.37. The van der Waals surface area contributed by atoms with E-state index in [4.69, 9.17) is 14.2 Å². The van der Waals surface area contributed by atoms with E-state index in [1.807, 2.05) is 50.2 Å². The quantitative estimate of drug-likeness (QED) is 0.661. The molecule has 1 heterocycles. The molecule has 0 radical (unpaired) electrons. The van der Waals surface area contributed by atoms with Gasteiger partial charge in [0.05, 0.1) is 27.2 Å². The van der Waals surface area contributed by atoms with Crippen molar-refractivity contribution in [1.82, 2.24) is 9.80 Å². The van der Waals surface area contributed by atoms with Crippen LogP contribution < -0.4 is 14.2 Å². The lowest BCUT2D eigenvalue weighted by atomic mass is 9.87. The summed E-state index contributed by atoms with van der Waals surface area (Å²) in [6.45, 7) is 5.26. The topological polar surface area (TPSA) is 68.3 Å².